The third kappa shape index (κ3) is 2.68. The van der Waals surface area contributed by atoms with Crippen LogP contribution in [0.2, 0.25) is 0 Å². The van der Waals surface area contributed by atoms with Crippen LogP contribution in [0.25, 0.3) is 0 Å². The molecule has 0 aliphatic carbocycles. The molecule has 0 radical (unpaired) electrons. The zero-order valence-corrected chi connectivity index (χ0v) is 10.5. The average molecular weight is 255 g/mol. The number of hydrogen-bond donors (Lipinski definition) is 2. The van der Waals surface area contributed by atoms with Crippen LogP contribution in [0, 0.1) is 6.92 Å². The number of halogens is 1. The molecule has 6 heteroatoms. The van der Waals surface area contributed by atoms with Crippen LogP contribution in [0.15, 0.2) is 35.5 Å². The quantitative estimate of drug-likeness (QED) is 0.342. The lowest BCUT2D eigenvalue weighted by atomic mass is 10.2. The van der Waals surface area contributed by atoms with E-state index in [0.29, 0.717) is 5.62 Å². The van der Waals surface area contributed by atoms with Crippen LogP contribution >= 0.6 is 0 Å². The Kier molecular flexibility index (Phi) is 4.34. The number of hydrogen-bond acceptors (Lipinski definition) is 2. The Bertz CT molecular complexity index is 544. The van der Waals surface area contributed by atoms with E-state index in [4.69, 9.17) is 5.21 Å². The molecule has 2 aromatic rings. The molecule has 2 N–H and O–H groups in total. The molecular weight excluding hydrogens is 240 g/mol. The Balaban J connectivity index is 0.00000144. The van der Waals surface area contributed by atoms with Gasteiger partial charge in [-0.15, -0.1) is 0 Å². The number of nitrogens with zero attached hydrogens (tertiary/aromatic N) is 3. The normalized spacial score (nSPS) is 11.3. The summed E-state index contributed by atoms with van der Waals surface area (Å²) in [6, 6.07) is 10.1. The molecule has 0 saturated carbocycles. The summed E-state index contributed by atoms with van der Waals surface area (Å²) < 4.78 is 3.73. The number of aromatic nitrogens is 3. The van der Waals surface area contributed by atoms with E-state index >= 15 is 0 Å². The third-order valence-corrected chi connectivity index (χ3v) is 2.71. The zero-order valence-electron chi connectivity index (χ0n) is 9.76. The van der Waals surface area contributed by atoms with E-state index in [1.54, 1.807) is 4.57 Å². The highest BCUT2D eigenvalue weighted by molar-refractivity contribution is 5.13. The monoisotopic (exact) mass is 254 g/mol. The van der Waals surface area contributed by atoms with Gasteiger partial charge in [0.05, 0.1) is 7.05 Å². The van der Waals surface area contributed by atoms with Gasteiger partial charge in [-0.25, -0.2) is 0 Å². The molecular formula is C11H15ClN4O. The third-order valence-electron chi connectivity index (χ3n) is 2.71. The minimum atomic E-state index is 0. The molecule has 0 aliphatic rings. The van der Waals surface area contributed by atoms with E-state index in [2.05, 4.69) is 22.4 Å². The molecule has 5 nitrogen and oxygen atoms in total. The summed E-state index contributed by atoms with van der Waals surface area (Å²) in [6.07, 6.45) is 0. The molecule has 0 unspecified atom stereocenters. The summed E-state index contributed by atoms with van der Waals surface area (Å²) >= 11 is 0. The minimum absolute atomic E-state index is 0. The molecule has 0 atom stereocenters. The number of rotatable bonds is 2. The van der Waals surface area contributed by atoms with Crippen molar-refractivity contribution in [3.63, 3.8) is 0 Å². The van der Waals surface area contributed by atoms with Crippen LogP contribution in [-0.4, -0.2) is 14.9 Å². The summed E-state index contributed by atoms with van der Waals surface area (Å²) in [4.78, 5) is 0. The lowest BCUT2D eigenvalue weighted by Gasteiger charge is -1.97. The first-order valence-electron chi connectivity index (χ1n) is 5.10. The predicted molar refractivity (Wildman–Crippen MR) is 57.6 cm³/mol. The Morgan fingerprint density at radius 1 is 1.35 bits per heavy atom. The van der Waals surface area contributed by atoms with Gasteiger partial charge in [0.25, 0.3) is 5.82 Å². The van der Waals surface area contributed by atoms with Gasteiger partial charge in [0.2, 0.25) is 0 Å². The fourth-order valence-electron chi connectivity index (χ4n) is 1.62. The Labute approximate surface area is 105 Å². The maximum absolute atomic E-state index is 8.78. The van der Waals surface area contributed by atoms with Crippen LogP contribution in [-0.2, 0) is 13.6 Å². The fourth-order valence-corrected chi connectivity index (χ4v) is 1.62. The van der Waals surface area contributed by atoms with Crippen molar-refractivity contribution in [2.24, 2.45) is 12.2 Å². The van der Waals surface area contributed by atoms with Crippen LogP contribution in [0.5, 0.6) is 0 Å². The van der Waals surface area contributed by atoms with E-state index in [9.17, 15) is 0 Å². The summed E-state index contributed by atoms with van der Waals surface area (Å²) in [7, 11) is 1.85. The topological polar surface area (TPSA) is 57.2 Å². The first-order valence-corrected chi connectivity index (χ1v) is 5.10. The second-order valence-corrected chi connectivity index (χ2v) is 3.71. The smallest absolute Gasteiger partial charge is 0.363 e. The Morgan fingerprint density at radius 3 is 2.53 bits per heavy atom. The number of nitrogens with one attached hydrogen (secondary N) is 1. The van der Waals surface area contributed by atoms with Gasteiger partial charge in [0.15, 0.2) is 0 Å². The Hall–Kier alpha value is -1.75. The van der Waals surface area contributed by atoms with Gasteiger partial charge in [-0.2, -0.15) is 14.3 Å². The molecule has 0 aliphatic heterocycles. The zero-order chi connectivity index (χ0) is 11.5. The molecule has 0 fully saturated rings. The second-order valence-electron chi connectivity index (χ2n) is 3.71. The molecule has 0 amide bonds. The summed E-state index contributed by atoms with van der Waals surface area (Å²) in [5, 5.41) is 15.0. The summed E-state index contributed by atoms with van der Waals surface area (Å²) in [5.74, 6) is 0.997. The highest BCUT2D eigenvalue weighted by Crippen LogP contribution is 1.97. The van der Waals surface area contributed by atoms with Crippen LogP contribution in [0.3, 0.4) is 0 Å². The molecule has 1 aromatic heterocycles. The molecule has 1 heterocycles. The van der Waals surface area contributed by atoms with E-state index in [0.717, 1.165) is 12.4 Å². The van der Waals surface area contributed by atoms with Crippen LogP contribution in [0.1, 0.15) is 11.4 Å². The van der Waals surface area contributed by atoms with Gasteiger partial charge >= 0.3 is 5.62 Å². The highest BCUT2D eigenvalue weighted by Gasteiger charge is 2.13. The van der Waals surface area contributed by atoms with E-state index in [1.165, 1.54) is 5.56 Å². The second kappa shape index (κ2) is 5.54. The SMILES string of the molecule is Cc1n(C)c(=NO)[nH][n+]1Cc1ccccc1.[Cl-]. The van der Waals surface area contributed by atoms with Crippen molar-refractivity contribution < 1.29 is 22.3 Å². The standard InChI is InChI=1S/C11H14N4O.ClH/c1-9-14(2)11(13-16)12-15(9)8-10-6-4-3-5-7-10;/h3-7H,8H2,1-2H3,(H-,12,13,16);1H. The van der Waals surface area contributed by atoms with Gasteiger partial charge < -0.3 is 17.6 Å². The number of H-pyrrole nitrogens is 1. The van der Waals surface area contributed by atoms with Gasteiger partial charge in [-0.05, 0) is 10.7 Å². The minimum Gasteiger partial charge on any atom is -1.00 e. The van der Waals surface area contributed by atoms with Gasteiger partial charge in [0, 0.05) is 6.92 Å². The van der Waals surface area contributed by atoms with Gasteiger partial charge in [0.1, 0.15) is 6.54 Å². The lowest BCUT2D eigenvalue weighted by molar-refractivity contribution is -0.750. The van der Waals surface area contributed by atoms with Crippen molar-refractivity contribution >= 4 is 0 Å². The van der Waals surface area contributed by atoms with Crippen molar-refractivity contribution in [1.82, 2.24) is 9.67 Å². The van der Waals surface area contributed by atoms with Crippen LogP contribution < -0.4 is 22.7 Å². The van der Waals surface area contributed by atoms with Crippen molar-refractivity contribution in [3.05, 3.63) is 47.3 Å². The maximum Gasteiger partial charge on any atom is 0.363 e. The fraction of sp³-hybridized carbons (Fsp3) is 0.273. The summed E-state index contributed by atoms with van der Waals surface area (Å²) in [5.41, 5.74) is 1.63. The molecule has 2 rings (SSSR count). The number of aromatic amines is 1. The number of benzene rings is 1. The summed E-state index contributed by atoms with van der Waals surface area (Å²) in [6.45, 7) is 2.70. The molecule has 0 spiro atoms. The van der Waals surface area contributed by atoms with E-state index in [-0.39, 0.29) is 12.4 Å². The highest BCUT2D eigenvalue weighted by atomic mass is 35.5. The average Bonchev–Trinajstić information content (AvgIpc) is 2.58. The first-order chi connectivity index (χ1) is 7.72. The first kappa shape index (κ1) is 13.3. The maximum atomic E-state index is 8.78. The Morgan fingerprint density at radius 2 is 2.00 bits per heavy atom. The van der Waals surface area contributed by atoms with Crippen molar-refractivity contribution in [2.75, 3.05) is 0 Å². The largest absolute Gasteiger partial charge is 1.00 e. The van der Waals surface area contributed by atoms with Crippen LogP contribution in [0.4, 0.5) is 0 Å². The molecule has 0 saturated heterocycles. The predicted octanol–water partition coefficient (Wildman–Crippen LogP) is -2.71. The molecule has 17 heavy (non-hydrogen) atoms. The van der Waals surface area contributed by atoms with Gasteiger partial charge in [-0.3, -0.25) is 0 Å². The van der Waals surface area contributed by atoms with Gasteiger partial charge in [-0.1, -0.05) is 30.3 Å². The van der Waals surface area contributed by atoms with Crippen molar-refractivity contribution in [3.8, 4) is 0 Å². The lowest BCUT2D eigenvalue weighted by Crippen LogP contribution is -3.00. The van der Waals surface area contributed by atoms with E-state index in [1.807, 2.05) is 36.9 Å². The molecule has 1 aromatic carbocycles. The van der Waals surface area contributed by atoms with Crippen molar-refractivity contribution in [1.29, 1.82) is 0 Å². The molecule has 0 bridgehead atoms. The molecule has 92 valence electrons. The van der Waals surface area contributed by atoms with Crippen molar-refractivity contribution in [2.45, 2.75) is 13.5 Å². The van der Waals surface area contributed by atoms with E-state index < -0.39 is 0 Å².